The predicted octanol–water partition coefficient (Wildman–Crippen LogP) is 4.30. The van der Waals surface area contributed by atoms with Gasteiger partial charge in [0.2, 0.25) is 0 Å². The van der Waals surface area contributed by atoms with Gasteiger partial charge in [-0.25, -0.2) is 14.8 Å². The van der Waals surface area contributed by atoms with Gasteiger partial charge in [0.25, 0.3) is 0 Å². The second-order valence-corrected chi connectivity index (χ2v) is 10.8. The number of benzene rings is 1. The molecule has 3 saturated heterocycles. The normalized spacial score (nSPS) is 29.6. The van der Waals surface area contributed by atoms with Crippen LogP contribution in [-0.4, -0.2) is 53.3 Å². The van der Waals surface area contributed by atoms with Gasteiger partial charge < -0.3 is 14.8 Å². The van der Waals surface area contributed by atoms with Crippen molar-refractivity contribution in [3.8, 4) is 16.9 Å². The monoisotopic (exact) mass is 448 g/mol. The number of carbonyl (C=O) groups is 1. The minimum atomic E-state index is -0.326. The van der Waals surface area contributed by atoms with Crippen LogP contribution in [-0.2, 0) is 4.74 Å². The summed E-state index contributed by atoms with van der Waals surface area (Å²) in [6, 6.07) is 5.97. The number of hydrogen-bond donors (Lipinski definition) is 1. The second kappa shape index (κ2) is 7.97. The molecule has 2 atom stereocenters. The summed E-state index contributed by atoms with van der Waals surface area (Å²) < 4.78 is 12.1. The van der Waals surface area contributed by atoms with E-state index < -0.39 is 0 Å². The van der Waals surface area contributed by atoms with E-state index in [4.69, 9.17) is 9.47 Å². The number of piperidine rings is 3. The van der Waals surface area contributed by atoms with Crippen molar-refractivity contribution >= 4 is 6.09 Å². The molecule has 7 nitrogen and oxygen atoms in total. The maximum absolute atomic E-state index is 12.9. The Labute approximate surface area is 194 Å². The molecule has 2 aromatic rings. The van der Waals surface area contributed by atoms with Crippen molar-refractivity contribution in [1.29, 1.82) is 0 Å². The maximum atomic E-state index is 12.9. The van der Waals surface area contributed by atoms with E-state index >= 15 is 0 Å². The number of nitrogens with one attached hydrogen (secondary N) is 1. The molecule has 1 aromatic carbocycles. The van der Waals surface area contributed by atoms with Gasteiger partial charge in [-0.3, -0.25) is 4.90 Å². The number of ether oxygens (including phenoxy) is 2. The summed E-state index contributed by atoms with van der Waals surface area (Å²) in [5.74, 6) is 2.78. The fraction of sp³-hybridized carbons (Fsp3) is 0.577. The molecule has 7 heteroatoms. The molecule has 4 fully saturated rings. The van der Waals surface area contributed by atoms with Crippen LogP contribution in [0.2, 0.25) is 0 Å². The first-order chi connectivity index (χ1) is 16.0. The molecule has 1 amide bonds. The lowest BCUT2D eigenvalue weighted by Gasteiger charge is -2.44. The third kappa shape index (κ3) is 4.07. The van der Waals surface area contributed by atoms with Gasteiger partial charge in [-0.15, -0.1) is 0 Å². The molecule has 1 aliphatic carbocycles. The molecule has 33 heavy (non-hydrogen) atoms. The number of aromatic nitrogens is 2. The Balaban J connectivity index is 1.20. The number of rotatable bonds is 4. The van der Waals surface area contributed by atoms with Crippen LogP contribution >= 0.6 is 0 Å². The van der Waals surface area contributed by atoms with E-state index in [2.05, 4.69) is 46.2 Å². The zero-order valence-electron chi connectivity index (χ0n) is 19.4. The van der Waals surface area contributed by atoms with Gasteiger partial charge in [0.1, 0.15) is 17.7 Å². The Kier molecular flexibility index (Phi) is 5.05. The van der Waals surface area contributed by atoms with Crippen molar-refractivity contribution in [2.45, 2.75) is 57.6 Å². The van der Waals surface area contributed by atoms with E-state index in [-0.39, 0.29) is 23.7 Å². The molecular weight excluding hydrogens is 416 g/mol. The van der Waals surface area contributed by atoms with Crippen LogP contribution in [0.4, 0.5) is 4.79 Å². The standard InChI is InChI=1S/C26H32N4O3/c1-26(2)15-32-21-11-18(19-12-27-24(28-13-19)17-3-4-17)5-6-20(21)23(26)29-25(31)33-22-14-30-9-7-16(22)8-10-30/h5-6,11-13,16-17,22-23H,3-4,7-10,14-15H2,1-2H3,(H,29,31)/t22-,23?/m0/s1. The Morgan fingerprint density at radius 1 is 1.12 bits per heavy atom. The van der Waals surface area contributed by atoms with Crippen molar-refractivity contribution in [2.75, 3.05) is 26.2 Å². The summed E-state index contributed by atoms with van der Waals surface area (Å²) in [6.45, 7) is 7.87. The number of fused-ring (bicyclic) bond motifs is 4. The molecule has 1 N–H and O–H groups in total. The number of hydrogen-bond acceptors (Lipinski definition) is 6. The number of carbonyl (C=O) groups excluding carboxylic acids is 1. The zero-order chi connectivity index (χ0) is 22.6. The molecule has 0 spiro atoms. The minimum absolute atomic E-state index is 0.00379. The molecule has 4 aliphatic heterocycles. The Bertz CT molecular complexity index is 1040. The molecular formula is C26H32N4O3. The van der Waals surface area contributed by atoms with Gasteiger partial charge in [0, 0.05) is 41.4 Å². The summed E-state index contributed by atoms with van der Waals surface area (Å²) in [5.41, 5.74) is 2.72. The molecule has 2 bridgehead atoms. The van der Waals surface area contributed by atoms with Crippen molar-refractivity contribution in [1.82, 2.24) is 20.2 Å². The molecule has 7 rings (SSSR count). The van der Waals surface area contributed by atoms with Crippen LogP contribution in [0.1, 0.15) is 62.9 Å². The summed E-state index contributed by atoms with van der Waals surface area (Å²) in [6.07, 6.45) is 8.10. The first kappa shape index (κ1) is 20.9. The molecule has 5 heterocycles. The predicted molar refractivity (Wildman–Crippen MR) is 124 cm³/mol. The van der Waals surface area contributed by atoms with Crippen LogP contribution in [0, 0.1) is 11.3 Å². The molecule has 1 unspecified atom stereocenters. The molecule has 5 aliphatic rings. The van der Waals surface area contributed by atoms with Crippen molar-refractivity contribution < 1.29 is 14.3 Å². The van der Waals surface area contributed by atoms with Gasteiger partial charge in [-0.2, -0.15) is 0 Å². The van der Waals surface area contributed by atoms with E-state index in [9.17, 15) is 4.79 Å². The third-order valence-corrected chi connectivity index (χ3v) is 7.77. The Morgan fingerprint density at radius 3 is 2.55 bits per heavy atom. The van der Waals surface area contributed by atoms with Gasteiger partial charge in [0.05, 0.1) is 12.6 Å². The fourth-order valence-electron chi connectivity index (χ4n) is 5.49. The van der Waals surface area contributed by atoms with Crippen LogP contribution in [0.25, 0.3) is 11.1 Å². The lowest BCUT2D eigenvalue weighted by atomic mass is 9.78. The lowest BCUT2D eigenvalue weighted by Crippen LogP contribution is -2.53. The largest absolute Gasteiger partial charge is 0.493 e. The lowest BCUT2D eigenvalue weighted by molar-refractivity contribution is -0.0361. The van der Waals surface area contributed by atoms with Gasteiger partial charge in [0.15, 0.2) is 0 Å². The first-order valence-electron chi connectivity index (χ1n) is 12.2. The zero-order valence-corrected chi connectivity index (χ0v) is 19.4. The summed E-state index contributed by atoms with van der Waals surface area (Å²) >= 11 is 0. The summed E-state index contributed by atoms with van der Waals surface area (Å²) in [4.78, 5) is 24.4. The van der Waals surface area contributed by atoms with E-state index in [1.54, 1.807) is 0 Å². The molecule has 1 saturated carbocycles. The molecule has 174 valence electrons. The maximum Gasteiger partial charge on any atom is 0.407 e. The highest BCUT2D eigenvalue weighted by Gasteiger charge is 2.41. The highest BCUT2D eigenvalue weighted by molar-refractivity contribution is 5.70. The average molecular weight is 449 g/mol. The summed E-state index contributed by atoms with van der Waals surface area (Å²) in [7, 11) is 0. The third-order valence-electron chi connectivity index (χ3n) is 7.77. The first-order valence-corrected chi connectivity index (χ1v) is 12.2. The van der Waals surface area contributed by atoms with Crippen LogP contribution in [0.15, 0.2) is 30.6 Å². The van der Waals surface area contributed by atoms with Gasteiger partial charge >= 0.3 is 6.09 Å². The number of alkyl carbamates (subject to hydrolysis) is 1. The quantitative estimate of drug-likeness (QED) is 0.752. The van der Waals surface area contributed by atoms with Crippen LogP contribution in [0.3, 0.4) is 0 Å². The Hall–Kier alpha value is -2.67. The Morgan fingerprint density at radius 2 is 1.88 bits per heavy atom. The van der Waals surface area contributed by atoms with E-state index in [1.807, 2.05) is 18.5 Å². The minimum Gasteiger partial charge on any atom is -0.493 e. The average Bonchev–Trinajstić information content (AvgIpc) is 3.67. The van der Waals surface area contributed by atoms with Gasteiger partial charge in [-0.05, 0) is 56.3 Å². The second-order valence-electron chi connectivity index (χ2n) is 10.8. The smallest absolute Gasteiger partial charge is 0.407 e. The van der Waals surface area contributed by atoms with Crippen LogP contribution in [0.5, 0.6) is 5.75 Å². The number of nitrogens with zero attached hydrogens (tertiary/aromatic N) is 3. The highest BCUT2D eigenvalue weighted by Crippen LogP contribution is 2.44. The van der Waals surface area contributed by atoms with Gasteiger partial charge in [-0.1, -0.05) is 26.0 Å². The van der Waals surface area contributed by atoms with E-state index in [0.29, 0.717) is 18.4 Å². The van der Waals surface area contributed by atoms with Crippen LogP contribution < -0.4 is 10.1 Å². The topological polar surface area (TPSA) is 76.6 Å². The number of amides is 1. The SMILES string of the molecule is CC1(C)COc2cc(-c3cnc(C4CC4)nc3)ccc2C1NC(=O)O[C@H]1CN2CCC1CC2. The van der Waals surface area contributed by atoms with Crippen molar-refractivity contribution in [3.05, 3.63) is 42.0 Å². The highest BCUT2D eigenvalue weighted by atomic mass is 16.6. The summed E-state index contributed by atoms with van der Waals surface area (Å²) in [5, 5.41) is 3.17. The molecule has 0 radical (unpaired) electrons. The van der Waals surface area contributed by atoms with E-state index in [0.717, 1.165) is 60.7 Å². The van der Waals surface area contributed by atoms with E-state index in [1.165, 1.54) is 12.8 Å². The fourth-order valence-corrected chi connectivity index (χ4v) is 5.49. The molecule has 1 aromatic heterocycles. The van der Waals surface area contributed by atoms with Crippen molar-refractivity contribution in [3.63, 3.8) is 0 Å². The van der Waals surface area contributed by atoms with Crippen molar-refractivity contribution in [2.24, 2.45) is 11.3 Å².